The van der Waals surface area contributed by atoms with Crippen LogP contribution in [0.2, 0.25) is 0 Å². The molecule has 4 rings (SSSR count). The molecule has 3 fully saturated rings. The van der Waals surface area contributed by atoms with Crippen LogP contribution in [0.1, 0.15) is 95.0 Å². The van der Waals surface area contributed by atoms with Gasteiger partial charge < -0.3 is 29.0 Å². The third-order valence-corrected chi connectivity index (χ3v) is 8.24. The van der Waals surface area contributed by atoms with Crippen LogP contribution in [-0.4, -0.2) is 61.6 Å². The number of methoxy groups -OCH3 is 1. The number of carbonyl (C=O) groups excluding carboxylic acids is 3. The fourth-order valence-electron chi connectivity index (χ4n) is 5.91. The van der Waals surface area contributed by atoms with Crippen LogP contribution in [-0.2, 0) is 23.8 Å². The van der Waals surface area contributed by atoms with Crippen molar-refractivity contribution in [2.24, 2.45) is 17.8 Å². The maximum Gasteiger partial charge on any atom is 0.329 e. The van der Waals surface area contributed by atoms with Gasteiger partial charge in [0.2, 0.25) is 6.79 Å². The van der Waals surface area contributed by atoms with Crippen molar-refractivity contribution in [3.63, 3.8) is 0 Å². The van der Waals surface area contributed by atoms with E-state index in [2.05, 4.69) is 10.3 Å². The quantitative estimate of drug-likeness (QED) is 0.306. The molecular formula is C30H44N2O8. The fourth-order valence-corrected chi connectivity index (χ4v) is 5.91. The minimum atomic E-state index is -0.846. The zero-order chi connectivity index (χ0) is 28.5. The smallest absolute Gasteiger partial charge is 0.329 e. The van der Waals surface area contributed by atoms with E-state index in [1.165, 1.54) is 71.2 Å². The van der Waals surface area contributed by atoms with Gasteiger partial charge in [0.15, 0.2) is 17.2 Å². The molecular weight excluding hydrogens is 516 g/mol. The molecule has 1 N–H and O–H groups in total. The van der Waals surface area contributed by atoms with Gasteiger partial charge in [0.1, 0.15) is 12.1 Å². The van der Waals surface area contributed by atoms with Crippen molar-refractivity contribution in [2.45, 2.75) is 103 Å². The summed E-state index contributed by atoms with van der Waals surface area (Å²) in [6, 6.07) is 0.686. The average Bonchev–Trinajstić information content (AvgIpc) is 3.76. The van der Waals surface area contributed by atoms with Gasteiger partial charge >= 0.3 is 11.9 Å². The molecule has 222 valence electrons. The lowest BCUT2D eigenvalue weighted by Gasteiger charge is -2.34. The normalized spacial score (nSPS) is 26.0. The largest absolute Gasteiger partial charge is 0.493 e. The highest BCUT2D eigenvalue weighted by molar-refractivity contribution is 5.98. The first kappa shape index (κ1) is 30.1. The number of aromatic nitrogens is 1. The van der Waals surface area contributed by atoms with Crippen molar-refractivity contribution >= 4 is 17.8 Å². The summed E-state index contributed by atoms with van der Waals surface area (Å²) in [4.78, 5) is 42.0. The van der Waals surface area contributed by atoms with Crippen molar-refractivity contribution in [2.75, 3.05) is 20.5 Å². The summed E-state index contributed by atoms with van der Waals surface area (Å²) < 4.78 is 28.1. The topological polar surface area (TPSA) is 122 Å². The molecule has 10 nitrogen and oxygen atoms in total. The van der Waals surface area contributed by atoms with Crippen LogP contribution in [0, 0.1) is 17.8 Å². The first-order valence-electron chi connectivity index (χ1n) is 14.8. The van der Waals surface area contributed by atoms with Gasteiger partial charge in [-0.1, -0.05) is 38.5 Å². The number of hydrogen-bond acceptors (Lipinski definition) is 9. The molecule has 1 aromatic rings. The van der Waals surface area contributed by atoms with Crippen LogP contribution in [0.5, 0.6) is 11.5 Å². The minimum absolute atomic E-state index is 0.0228. The highest BCUT2D eigenvalue weighted by Crippen LogP contribution is 2.37. The van der Waals surface area contributed by atoms with E-state index in [1.807, 2.05) is 6.92 Å². The number of nitrogens with one attached hydrogen (secondary N) is 1. The SMILES string of the molecule is COc1ccnc(C(=O)NC2CCCC(CC3CCCCC3)C(OCC3CC3)C(C)OC2=O)c1OCOC(C)=O. The van der Waals surface area contributed by atoms with Gasteiger partial charge in [0.05, 0.1) is 13.2 Å². The van der Waals surface area contributed by atoms with E-state index in [-0.39, 0.29) is 23.3 Å². The first-order chi connectivity index (χ1) is 19.4. The Balaban J connectivity index is 1.46. The van der Waals surface area contributed by atoms with Crippen LogP contribution in [0.15, 0.2) is 12.3 Å². The first-order valence-corrected chi connectivity index (χ1v) is 14.8. The van der Waals surface area contributed by atoms with Gasteiger partial charge in [-0.15, -0.1) is 0 Å². The summed E-state index contributed by atoms with van der Waals surface area (Å²) in [7, 11) is 1.43. The summed E-state index contributed by atoms with van der Waals surface area (Å²) >= 11 is 0. The molecule has 3 aliphatic rings. The summed E-state index contributed by atoms with van der Waals surface area (Å²) in [5.41, 5.74) is -0.0759. The predicted molar refractivity (Wildman–Crippen MR) is 146 cm³/mol. The Kier molecular flexibility index (Phi) is 11.0. The molecule has 40 heavy (non-hydrogen) atoms. The second-order valence-electron chi connectivity index (χ2n) is 11.4. The monoisotopic (exact) mass is 560 g/mol. The summed E-state index contributed by atoms with van der Waals surface area (Å²) in [5.74, 6) is 0.266. The molecule has 0 spiro atoms. The van der Waals surface area contributed by atoms with Crippen molar-refractivity contribution in [3.05, 3.63) is 18.0 Å². The number of nitrogens with zero attached hydrogens (tertiary/aromatic N) is 1. The van der Waals surface area contributed by atoms with Gasteiger partial charge in [0.25, 0.3) is 5.91 Å². The zero-order valence-corrected chi connectivity index (χ0v) is 24.0. The third-order valence-electron chi connectivity index (χ3n) is 8.24. The van der Waals surface area contributed by atoms with E-state index in [1.54, 1.807) is 0 Å². The summed E-state index contributed by atoms with van der Waals surface area (Å²) in [6.07, 6.45) is 12.8. The molecule has 1 aliphatic heterocycles. The van der Waals surface area contributed by atoms with Gasteiger partial charge in [-0.2, -0.15) is 0 Å². The zero-order valence-electron chi connectivity index (χ0n) is 24.0. The van der Waals surface area contributed by atoms with E-state index in [9.17, 15) is 14.4 Å². The number of ether oxygens (including phenoxy) is 5. The Hall–Kier alpha value is -2.88. The highest BCUT2D eigenvalue weighted by atomic mass is 16.7. The van der Waals surface area contributed by atoms with Gasteiger partial charge in [-0.3, -0.25) is 9.59 Å². The van der Waals surface area contributed by atoms with Crippen molar-refractivity contribution in [1.82, 2.24) is 10.3 Å². The molecule has 2 heterocycles. The van der Waals surface area contributed by atoms with Crippen LogP contribution < -0.4 is 14.8 Å². The second kappa shape index (κ2) is 14.7. The van der Waals surface area contributed by atoms with Crippen molar-refractivity contribution < 1.29 is 38.1 Å². The number of carbonyl (C=O) groups is 3. The molecule has 1 amide bonds. The van der Waals surface area contributed by atoms with E-state index in [0.717, 1.165) is 19.3 Å². The second-order valence-corrected chi connectivity index (χ2v) is 11.4. The molecule has 1 saturated heterocycles. The van der Waals surface area contributed by atoms with Crippen molar-refractivity contribution in [1.29, 1.82) is 0 Å². The fraction of sp³-hybridized carbons (Fsp3) is 0.733. The Morgan fingerprint density at radius 1 is 1.05 bits per heavy atom. The Bertz CT molecular complexity index is 1010. The molecule has 10 heteroatoms. The lowest BCUT2D eigenvalue weighted by molar-refractivity contribution is -0.161. The number of hydrogen-bond donors (Lipinski definition) is 1. The maximum absolute atomic E-state index is 13.3. The molecule has 2 aliphatic carbocycles. The van der Waals surface area contributed by atoms with Gasteiger partial charge in [-0.25, -0.2) is 9.78 Å². The summed E-state index contributed by atoms with van der Waals surface area (Å²) in [6.45, 7) is 3.47. The molecule has 2 saturated carbocycles. The standard InChI is InChI=1S/C30H44N2O8/c1-19-27(37-17-22-12-13-22)23(16-21-8-5-4-6-9-21)10-7-11-24(30(35)40-19)32-29(34)26-28(39-18-38-20(2)33)25(36-3)14-15-31-26/h14-15,19,21-24,27H,4-13,16-18H2,1-3H3,(H,32,34). The molecule has 0 bridgehead atoms. The van der Waals surface area contributed by atoms with Gasteiger partial charge in [-0.05, 0) is 56.8 Å². The average molecular weight is 561 g/mol. The number of pyridine rings is 1. The van der Waals surface area contributed by atoms with E-state index in [0.29, 0.717) is 30.8 Å². The number of rotatable bonds is 11. The molecule has 4 unspecified atom stereocenters. The molecule has 1 aromatic heterocycles. The number of amides is 1. The minimum Gasteiger partial charge on any atom is -0.493 e. The van der Waals surface area contributed by atoms with Gasteiger partial charge in [0, 0.05) is 25.8 Å². The maximum atomic E-state index is 13.3. The van der Waals surface area contributed by atoms with Crippen LogP contribution >= 0.6 is 0 Å². The third kappa shape index (κ3) is 8.56. The predicted octanol–water partition coefficient (Wildman–Crippen LogP) is 4.59. The Labute approximate surface area is 236 Å². The summed E-state index contributed by atoms with van der Waals surface area (Å²) in [5, 5.41) is 2.80. The van der Waals surface area contributed by atoms with E-state index >= 15 is 0 Å². The Morgan fingerprint density at radius 3 is 2.52 bits per heavy atom. The van der Waals surface area contributed by atoms with E-state index < -0.39 is 36.8 Å². The van der Waals surface area contributed by atoms with Crippen LogP contribution in [0.3, 0.4) is 0 Å². The highest BCUT2D eigenvalue weighted by Gasteiger charge is 2.37. The van der Waals surface area contributed by atoms with E-state index in [4.69, 9.17) is 23.7 Å². The number of esters is 2. The lowest BCUT2D eigenvalue weighted by Crippen LogP contribution is -2.45. The lowest BCUT2D eigenvalue weighted by atomic mass is 9.78. The molecule has 0 aromatic carbocycles. The van der Waals surface area contributed by atoms with Crippen LogP contribution in [0.4, 0.5) is 0 Å². The van der Waals surface area contributed by atoms with Crippen LogP contribution in [0.25, 0.3) is 0 Å². The molecule has 4 atom stereocenters. The van der Waals surface area contributed by atoms with Crippen molar-refractivity contribution in [3.8, 4) is 11.5 Å². The Morgan fingerprint density at radius 2 is 1.82 bits per heavy atom. The molecule has 0 radical (unpaired) electrons. The number of cyclic esters (lactones) is 1.